The van der Waals surface area contributed by atoms with E-state index in [1.165, 1.54) is 6.07 Å². The molecule has 0 bridgehead atoms. The molecule has 0 atom stereocenters. The maximum atomic E-state index is 13.5. The van der Waals surface area contributed by atoms with E-state index in [-0.39, 0.29) is 11.2 Å². The molecule has 0 aromatic heterocycles. The highest BCUT2D eigenvalue weighted by Gasteiger charge is 2.19. The standard InChI is InChI=1S/C15H24FNO/c1-5-8-17-10-15(3,4)11-18-14-9-12(2)6-7-13(14)16/h6-7,9,17H,5,8,10-11H2,1-4H3. The van der Waals surface area contributed by atoms with Gasteiger partial charge in [-0.15, -0.1) is 0 Å². The summed E-state index contributed by atoms with van der Waals surface area (Å²) in [5.74, 6) is 0.0523. The summed E-state index contributed by atoms with van der Waals surface area (Å²) in [5.41, 5.74) is 0.999. The molecule has 0 radical (unpaired) electrons. The Morgan fingerprint density at radius 1 is 1.33 bits per heavy atom. The quantitative estimate of drug-likeness (QED) is 0.750. The molecule has 1 N–H and O–H groups in total. The van der Waals surface area contributed by atoms with Crippen molar-refractivity contribution in [3.63, 3.8) is 0 Å². The SMILES string of the molecule is CCCNCC(C)(C)COc1cc(C)ccc1F. The summed E-state index contributed by atoms with van der Waals surface area (Å²) in [7, 11) is 0. The third-order valence-electron chi connectivity index (χ3n) is 2.74. The first-order valence-electron chi connectivity index (χ1n) is 6.54. The van der Waals surface area contributed by atoms with Crippen LogP contribution in [-0.2, 0) is 0 Å². The number of aryl methyl sites for hydroxylation is 1. The van der Waals surface area contributed by atoms with Crippen molar-refractivity contribution < 1.29 is 9.13 Å². The van der Waals surface area contributed by atoms with E-state index in [4.69, 9.17) is 4.74 Å². The first-order valence-corrected chi connectivity index (χ1v) is 6.54. The second kappa shape index (κ2) is 6.74. The Kier molecular flexibility index (Phi) is 5.60. The van der Waals surface area contributed by atoms with E-state index in [0.717, 1.165) is 25.1 Å². The molecule has 18 heavy (non-hydrogen) atoms. The largest absolute Gasteiger partial charge is 0.490 e. The molecule has 0 heterocycles. The Hall–Kier alpha value is -1.09. The van der Waals surface area contributed by atoms with Crippen molar-refractivity contribution in [1.29, 1.82) is 0 Å². The fraction of sp³-hybridized carbons (Fsp3) is 0.600. The molecule has 0 saturated carbocycles. The molecule has 1 aromatic carbocycles. The van der Waals surface area contributed by atoms with Gasteiger partial charge in [-0.05, 0) is 37.6 Å². The van der Waals surface area contributed by atoms with Crippen LogP contribution in [0.5, 0.6) is 5.75 Å². The normalized spacial score (nSPS) is 11.6. The van der Waals surface area contributed by atoms with E-state index in [9.17, 15) is 4.39 Å². The molecule has 102 valence electrons. The third kappa shape index (κ3) is 5.05. The predicted octanol–water partition coefficient (Wildman–Crippen LogP) is 3.54. The highest BCUT2D eigenvalue weighted by molar-refractivity contribution is 5.29. The van der Waals surface area contributed by atoms with Gasteiger partial charge in [0, 0.05) is 12.0 Å². The first kappa shape index (κ1) is 15.0. The number of hydrogen-bond donors (Lipinski definition) is 1. The molecule has 0 fully saturated rings. The van der Waals surface area contributed by atoms with Crippen LogP contribution in [0.3, 0.4) is 0 Å². The topological polar surface area (TPSA) is 21.3 Å². The Bertz CT molecular complexity index is 377. The zero-order chi connectivity index (χ0) is 13.6. The molecule has 0 aliphatic heterocycles. The second-order valence-electron chi connectivity index (χ2n) is 5.56. The first-order chi connectivity index (χ1) is 8.44. The van der Waals surface area contributed by atoms with Gasteiger partial charge in [0.15, 0.2) is 11.6 Å². The maximum absolute atomic E-state index is 13.5. The number of hydrogen-bond acceptors (Lipinski definition) is 2. The van der Waals surface area contributed by atoms with Gasteiger partial charge in [0.25, 0.3) is 0 Å². The minimum atomic E-state index is -0.294. The van der Waals surface area contributed by atoms with E-state index in [0.29, 0.717) is 12.4 Å². The van der Waals surface area contributed by atoms with Crippen LogP contribution in [0.2, 0.25) is 0 Å². The van der Waals surface area contributed by atoms with Crippen LogP contribution in [-0.4, -0.2) is 19.7 Å². The van der Waals surface area contributed by atoms with Gasteiger partial charge >= 0.3 is 0 Å². The van der Waals surface area contributed by atoms with Crippen LogP contribution in [0.4, 0.5) is 4.39 Å². The van der Waals surface area contributed by atoms with Gasteiger partial charge < -0.3 is 10.1 Å². The van der Waals surface area contributed by atoms with Crippen molar-refractivity contribution in [2.45, 2.75) is 34.1 Å². The smallest absolute Gasteiger partial charge is 0.165 e. The number of rotatable bonds is 7. The zero-order valence-corrected chi connectivity index (χ0v) is 11.8. The lowest BCUT2D eigenvalue weighted by molar-refractivity contribution is 0.171. The highest BCUT2D eigenvalue weighted by Crippen LogP contribution is 2.22. The van der Waals surface area contributed by atoms with Crippen LogP contribution in [0, 0.1) is 18.2 Å². The summed E-state index contributed by atoms with van der Waals surface area (Å²) >= 11 is 0. The van der Waals surface area contributed by atoms with Gasteiger partial charge in [-0.25, -0.2) is 4.39 Å². The second-order valence-corrected chi connectivity index (χ2v) is 5.56. The lowest BCUT2D eigenvalue weighted by Crippen LogP contribution is -2.34. The Balaban J connectivity index is 2.50. The third-order valence-corrected chi connectivity index (χ3v) is 2.74. The fourth-order valence-corrected chi connectivity index (χ4v) is 1.65. The molecule has 1 aromatic rings. The minimum Gasteiger partial charge on any atom is -0.490 e. The Morgan fingerprint density at radius 2 is 2.06 bits per heavy atom. The monoisotopic (exact) mass is 253 g/mol. The minimum absolute atomic E-state index is 0.00858. The number of benzene rings is 1. The van der Waals surface area contributed by atoms with E-state index in [1.54, 1.807) is 12.1 Å². The predicted molar refractivity (Wildman–Crippen MR) is 73.6 cm³/mol. The van der Waals surface area contributed by atoms with E-state index >= 15 is 0 Å². The van der Waals surface area contributed by atoms with E-state index in [1.807, 2.05) is 6.92 Å². The van der Waals surface area contributed by atoms with Gasteiger partial charge in [-0.2, -0.15) is 0 Å². The van der Waals surface area contributed by atoms with Gasteiger partial charge in [-0.1, -0.05) is 26.8 Å². The van der Waals surface area contributed by atoms with Crippen molar-refractivity contribution in [3.8, 4) is 5.75 Å². The van der Waals surface area contributed by atoms with Crippen molar-refractivity contribution in [2.24, 2.45) is 5.41 Å². The summed E-state index contributed by atoms with van der Waals surface area (Å²) < 4.78 is 19.1. The van der Waals surface area contributed by atoms with E-state index < -0.39 is 0 Å². The number of halogens is 1. The molecule has 0 amide bonds. The lowest BCUT2D eigenvalue weighted by atomic mass is 9.95. The molecular weight excluding hydrogens is 229 g/mol. The van der Waals surface area contributed by atoms with Crippen molar-refractivity contribution >= 4 is 0 Å². The van der Waals surface area contributed by atoms with Crippen LogP contribution in [0.1, 0.15) is 32.8 Å². The van der Waals surface area contributed by atoms with Crippen molar-refractivity contribution in [1.82, 2.24) is 5.32 Å². The summed E-state index contributed by atoms with van der Waals surface area (Å²) in [4.78, 5) is 0. The van der Waals surface area contributed by atoms with Gasteiger partial charge in [0.05, 0.1) is 6.61 Å². The molecule has 0 spiro atoms. The zero-order valence-electron chi connectivity index (χ0n) is 11.8. The maximum Gasteiger partial charge on any atom is 0.165 e. The lowest BCUT2D eigenvalue weighted by Gasteiger charge is -2.25. The van der Waals surface area contributed by atoms with Crippen LogP contribution in [0.15, 0.2) is 18.2 Å². The van der Waals surface area contributed by atoms with Gasteiger partial charge in [-0.3, -0.25) is 0 Å². The molecule has 0 aliphatic carbocycles. The summed E-state index contributed by atoms with van der Waals surface area (Å²) in [6.07, 6.45) is 1.11. The Labute approximate surface area is 110 Å². The van der Waals surface area contributed by atoms with Gasteiger partial charge in [0.2, 0.25) is 0 Å². The molecule has 0 aliphatic rings. The molecule has 2 nitrogen and oxygen atoms in total. The van der Waals surface area contributed by atoms with E-state index in [2.05, 4.69) is 26.1 Å². The highest BCUT2D eigenvalue weighted by atomic mass is 19.1. The van der Waals surface area contributed by atoms with Crippen molar-refractivity contribution in [2.75, 3.05) is 19.7 Å². The molecule has 3 heteroatoms. The van der Waals surface area contributed by atoms with Crippen LogP contribution >= 0.6 is 0 Å². The number of ether oxygens (including phenoxy) is 1. The summed E-state index contributed by atoms with van der Waals surface area (Å²) in [5, 5.41) is 3.36. The molecular formula is C15H24FNO. The molecule has 0 unspecified atom stereocenters. The van der Waals surface area contributed by atoms with Crippen LogP contribution < -0.4 is 10.1 Å². The molecule has 1 rings (SSSR count). The summed E-state index contributed by atoms with van der Waals surface area (Å²) in [6.45, 7) is 10.7. The van der Waals surface area contributed by atoms with Crippen molar-refractivity contribution in [3.05, 3.63) is 29.6 Å². The summed E-state index contributed by atoms with van der Waals surface area (Å²) in [6, 6.07) is 4.94. The average molecular weight is 253 g/mol. The number of nitrogens with one attached hydrogen (secondary N) is 1. The van der Waals surface area contributed by atoms with Gasteiger partial charge in [0.1, 0.15) is 0 Å². The average Bonchev–Trinajstić information content (AvgIpc) is 2.31. The van der Waals surface area contributed by atoms with Crippen LogP contribution in [0.25, 0.3) is 0 Å². The Morgan fingerprint density at radius 3 is 2.72 bits per heavy atom. The molecule has 0 saturated heterocycles. The fourth-order valence-electron chi connectivity index (χ4n) is 1.65.